The minimum absolute atomic E-state index is 0.0873. The van der Waals surface area contributed by atoms with Crippen molar-refractivity contribution in [1.82, 2.24) is 9.88 Å². The average Bonchev–Trinajstić information content (AvgIpc) is 3.25. The molecule has 0 spiro atoms. The van der Waals surface area contributed by atoms with Crippen LogP contribution >= 0.6 is 11.3 Å². The van der Waals surface area contributed by atoms with Gasteiger partial charge >= 0.3 is 0 Å². The van der Waals surface area contributed by atoms with Crippen LogP contribution in [0.5, 0.6) is 0 Å². The molecule has 0 atom stereocenters. The minimum Gasteiger partial charge on any atom is -0.440 e. The van der Waals surface area contributed by atoms with Crippen LogP contribution in [-0.4, -0.2) is 35.9 Å². The summed E-state index contributed by atoms with van der Waals surface area (Å²) in [6.45, 7) is 4.03. The third kappa shape index (κ3) is 3.24. The lowest BCUT2D eigenvalue weighted by Crippen LogP contribution is -2.35. The van der Waals surface area contributed by atoms with Gasteiger partial charge in [0.15, 0.2) is 0 Å². The van der Waals surface area contributed by atoms with Crippen molar-refractivity contribution in [3.8, 4) is 10.8 Å². The zero-order valence-corrected chi connectivity index (χ0v) is 15.8. The molecule has 0 saturated carbocycles. The molecule has 0 N–H and O–H groups in total. The highest BCUT2D eigenvalue weighted by Crippen LogP contribution is 2.27. The SMILES string of the molecule is Cc1oc(-c2cccs2)nc1CC(=O)N1CCN(C)c2ccccc2C1. The summed E-state index contributed by atoms with van der Waals surface area (Å²) in [6, 6.07) is 12.2. The fraction of sp³-hybridized carbons (Fsp3) is 0.300. The van der Waals surface area contributed by atoms with Crippen molar-refractivity contribution in [2.75, 3.05) is 25.0 Å². The van der Waals surface area contributed by atoms with Gasteiger partial charge in [0.25, 0.3) is 0 Å². The van der Waals surface area contributed by atoms with Gasteiger partial charge in [-0.25, -0.2) is 4.98 Å². The molecule has 1 aromatic carbocycles. The number of rotatable bonds is 3. The summed E-state index contributed by atoms with van der Waals surface area (Å²) in [7, 11) is 2.07. The Morgan fingerprint density at radius 1 is 1.23 bits per heavy atom. The molecule has 1 aliphatic heterocycles. The van der Waals surface area contributed by atoms with Crippen LogP contribution < -0.4 is 4.90 Å². The first-order valence-corrected chi connectivity index (χ1v) is 9.57. The number of carbonyl (C=O) groups is 1. The van der Waals surface area contributed by atoms with Crippen LogP contribution in [0.3, 0.4) is 0 Å². The molecular weight excluding hydrogens is 346 g/mol. The number of hydrogen-bond acceptors (Lipinski definition) is 5. The quantitative estimate of drug-likeness (QED) is 0.708. The highest BCUT2D eigenvalue weighted by Gasteiger charge is 2.23. The highest BCUT2D eigenvalue weighted by atomic mass is 32.1. The molecular formula is C20H21N3O2S. The van der Waals surface area contributed by atoms with E-state index in [4.69, 9.17) is 4.42 Å². The van der Waals surface area contributed by atoms with Crippen LogP contribution in [0.2, 0.25) is 0 Å². The minimum atomic E-state index is 0.0873. The first-order chi connectivity index (χ1) is 12.6. The molecule has 4 rings (SSSR count). The first kappa shape index (κ1) is 16.8. The molecule has 6 heteroatoms. The second kappa shape index (κ2) is 6.96. The van der Waals surface area contributed by atoms with E-state index in [2.05, 4.69) is 29.1 Å². The lowest BCUT2D eigenvalue weighted by Gasteiger charge is -2.20. The molecule has 0 aliphatic carbocycles. The Labute approximate surface area is 156 Å². The number of nitrogens with zero attached hydrogens (tertiary/aromatic N) is 3. The van der Waals surface area contributed by atoms with Crippen LogP contribution in [0.4, 0.5) is 5.69 Å². The Kier molecular flexibility index (Phi) is 4.51. The van der Waals surface area contributed by atoms with Gasteiger partial charge in [0.05, 0.1) is 17.0 Å². The van der Waals surface area contributed by atoms with E-state index in [9.17, 15) is 4.79 Å². The summed E-state index contributed by atoms with van der Waals surface area (Å²) in [5.74, 6) is 1.40. The van der Waals surface area contributed by atoms with Crippen molar-refractivity contribution >= 4 is 22.9 Å². The zero-order valence-electron chi connectivity index (χ0n) is 14.9. The number of anilines is 1. The second-order valence-corrected chi connectivity index (χ2v) is 7.49. The molecule has 1 amide bonds. The van der Waals surface area contributed by atoms with E-state index >= 15 is 0 Å². The number of para-hydroxylation sites is 1. The van der Waals surface area contributed by atoms with Gasteiger partial charge in [-0.15, -0.1) is 11.3 Å². The number of aromatic nitrogens is 1. The normalized spacial score (nSPS) is 14.2. The number of fused-ring (bicyclic) bond motifs is 1. The maximum Gasteiger partial charge on any atom is 0.236 e. The lowest BCUT2D eigenvalue weighted by molar-refractivity contribution is -0.130. The fourth-order valence-electron chi connectivity index (χ4n) is 3.26. The first-order valence-electron chi connectivity index (χ1n) is 8.69. The van der Waals surface area contributed by atoms with Crippen molar-refractivity contribution in [2.24, 2.45) is 0 Å². The Morgan fingerprint density at radius 3 is 2.88 bits per heavy atom. The number of thiophene rings is 1. The van der Waals surface area contributed by atoms with Gasteiger partial charge in [0, 0.05) is 32.4 Å². The number of benzene rings is 1. The molecule has 3 aromatic rings. The largest absolute Gasteiger partial charge is 0.440 e. The summed E-state index contributed by atoms with van der Waals surface area (Å²) in [6.07, 6.45) is 0.270. The molecule has 1 aliphatic rings. The van der Waals surface area contributed by atoms with E-state index in [-0.39, 0.29) is 12.3 Å². The lowest BCUT2D eigenvalue weighted by atomic mass is 10.1. The highest BCUT2D eigenvalue weighted by molar-refractivity contribution is 7.13. The molecule has 0 unspecified atom stereocenters. The number of likely N-dealkylation sites (N-methyl/N-ethyl adjacent to an activating group) is 1. The van der Waals surface area contributed by atoms with E-state index in [1.165, 1.54) is 11.3 Å². The van der Waals surface area contributed by atoms with Gasteiger partial charge in [0.2, 0.25) is 11.8 Å². The smallest absolute Gasteiger partial charge is 0.236 e. The van der Waals surface area contributed by atoms with Crippen molar-refractivity contribution in [2.45, 2.75) is 19.9 Å². The Balaban J connectivity index is 1.52. The predicted molar refractivity (Wildman–Crippen MR) is 103 cm³/mol. The monoisotopic (exact) mass is 367 g/mol. The third-order valence-electron chi connectivity index (χ3n) is 4.77. The molecule has 0 bridgehead atoms. The van der Waals surface area contributed by atoms with Crippen LogP contribution in [-0.2, 0) is 17.8 Å². The maximum atomic E-state index is 12.9. The van der Waals surface area contributed by atoms with Gasteiger partial charge in [-0.2, -0.15) is 0 Å². The van der Waals surface area contributed by atoms with Crippen molar-refractivity contribution in [3.05, 3.63) is 58.8 Å². The van der Waals surface area contributed by atoms with Crippen LogP contribution in [0, 0.1) is 6.92 Å². The van der Waals surface area contributed by atoms with Gasteiger partial charge in [-0.3, -0.25) is 4.79 Å². The second-order valence-electron chi connectivity index (χ2n) is 6.54. The predicted octanol–water partition coefficient (Wildman–Crippen LogP) is 3.73. The number of aryl methyl sites for hydroxylation is 1. The molecule has 5 nitrogen and oxygen atoms in total. The standard InChI is InChI=1S/C20H21N3O2S/c1-14-16(21-20(25-14)18-8-5-11-26-18)12-19(24)23-10-9-22(2)17-7-4-3-6-15(17)13-23/h3-8,11H,9-10,12-13H2,1-2H3. The molecule has 0 radical (unpaired) electrons. The van der Waals surface area contributed by atoms with Crippen molar-refractivity contribution in [1.29, 1.82) is 0 Å². The fourth-order valence-corrected chi connectivity index (χ4v) is 3.91. The molecule has 2 aromatic heterocycles. The topological polar surface area (TPSA) is 49.6 Å². The average molecular weight is 367 g/mol. The molecule has 0 fully saturated rings. The van der Waals surface area contributed by atoms with E-state index in [1.54, 1.807) is 11.3 Å². The summed E-state index contributed by atoms with van der Waals surface area (Å²) >= 11 is 1.58. The third-order valence-corrected chi connectivity index (χ3v) is 5.62. The van der Waals surface area contributed by atoms with Gasteiger partial charge in [0.1, 0.15) is 5.76 Å². The Hall–Kier alpha value is -2.60. The molecule has 0 saturated heterocycles. The molecule has 134 valence electrons. The number of oxazole rings is 1. The van der Waals surface area contributed by atoms with E-state index in [0.717, 1.165) is 17.1 Å². The number of hydrogen-bond donors (Lipinski definition) is 0. The summed E-state index contributed by atoms with van der Waals surface area (Å²) in [5.41, 5.74) is 3.10. The van der Waals surface area contributed by atoms with Crippen molar-refractivity contribution in [3.63, 3.8) is 0 Å². The van der Waals surface area contributed by atoms with Gasteiger partial charge in [-0.05, 0) is 30.0 Å². The van der Waals surface area contributed by atoms with Crippen LogP contribution in [0.1, 0.15) is 17.0 Å². The maximum absolute atomic E-state index is 12.9. The zero-order chi connectivity index (χ0) is 18.1. The van der Waals surface area contributed by atoms with Gasteiger partial charge in [-0.1, -0.05) is 24.3 Å². The summed E-state index contributed by atoms with van der Waals surface area (Å²) in [5, 5.41) is 1.99. The van der Waals surface area contributed by atoms with Crippen LogP contribution in [0.15, 0.2) is 46.2 Å². The van der Waals surface area contributed by atoms with E-state index < -0.39 is 0 Å². The van der Waals surface area contributed by atoms with Crippen molar-refractivity contribution < 1.29 is 9.21 Å². The summed E-state index contributed by atoms with van der Waals surface area (Å²) in [4.78, 5) is 22.6. The van der Waals surface area contributed by atoms with Gasteiger partial charge < -0.3 is 14.2 Å². The Morgan fingerprint density at radius 2 is 2.08 bits per heavy atom. The van der Waals surface area contributed by atoms with Crippen LogP contribution in [0.25, 0.3) is 10.8 Å². The van der Waals surface area contributed by atoms with E-state index in [1.807, 2.05) is 41.5 Å². The number of carbonyl (C=O) groups excluding carboxylic acids is 1. The Bertz CT molecular complexity index is 917. The van der Waals surface area contributed by atoms with E-state index in [0.29, 0.717) is 24.7 Å². The molecule has 3 heterocycles. The molecule has 26 heavy (non-hydrogen) atoms. The summed E-state index contributed by atoms with van der Waals surface area (Å²) < 4.78 is 5.77. The number of amides is 1.